The predicted octanol–water partition coefficient (Wildman–Crippen LogP) is 3.63. The molecule has 0 radical (unpaired) electrons. The monoisotopic (exact) mass is 399 g/mol. The van der Waals surface area contributed by atoms with Crippen molar-refractivity contribution in [3.8, 4) is 0 Å². The molecule has 116 valence electrons. The summed E-state index contributed by atoms with van der Waals surface area (Å²) in [7, 11) is 0. The van der Waals surface area contributed by atoms with Crippen LogP contribution in [0.2, 0.25) is 0 Å². The Morgan fingerprint density at radius 2 is 1.81 bits per heavy atom. The van der Waals surface area contributed by atoms with E-state index >= 15 is 0 Å². The molecule has 0 spiro atoms. The predicted molar refractivity (Wildman–Crippen MR) is 95.7 cm³/mol. The van der Waals surface area contributed by atoms with Gasteiger partial charge < -0.3 is 4.90 Å². The van der Waals surface area contributed by atoms with Crippen LogP contribution < -0.4 is 0 Å². The average molecular weight is 399 g/mol. The van der Waals surface area contributed by atoms with E-state index in [0.717, 1.165) is 17.5 Å². The summed E-state index contributed by atoms with van der Waals surface area (Å²) in [6, 6.07) is 4.43. The summed E-state index contributed by atoms with van der Waals surface area (Å²) < 4.78 is 2.44. The highest BCUT2D eigenvalue weighted by Gasteiger charge is 2.24. The minimum absolute atomic E-state index is 0.727. The maximum Gasteiger partial charge on any atom is 0.0372 e. The molecule has 0 saturated carbocycles. The summed E-state index contributed by atoms with van der Waals surface area (Å²) in [5, 5.41) is 0. The minimum atomic E-state index is 0.727. The highest BCUT2D eigenvalue weighted by molar-refractivity contribution is 14.1. The van der Waals surface area contributed by atoms with Crippen LogP contribution in [0.1, 0.15) is 42.9 Å². The topological polar surface area (TPSA) is 19.4 Å². The van der Waals surface area contributed by atoms with Crippen molar-refractivity contribution in [1.29, 1.82) is 0 Å². The average Bonchev–Trinajstić information content (AvgIpc) is 2.51. The molecular formula is C17H26IN3. The highest BCUT2D eigenvalue weighted by Crippen LogP contribution is 2.29. The van der Waals surface area contributed by atoms with Gasteiger partial charge in [-0.25, -0.2) is 3.11 Å². The van der Waals surface area contributed by atoms with Gasteiger partial charge in [-0.3, -0.25) is 4.98 Å². The first-order valence-corrected chi connectivity index (χ1v) is 9.23. The summed E-state index contributed by atoms with van der Waals surface area (Å²) in [5.41, 5.74) is 2.57. The van der Waals surface area contributed by atoms with E-state index in [0.29, 0.717) is 0 Å². The third kappa shape index (κ3) is 4.39. The molecule has 1 aromatic rings. The smallest absolute Gasteiger partial charge is 0.0372 e. The van der Waals surface area contributed by atoms with E-state index in [-0.39, 0.29) is 0 Å². The first-order chi connectivity index (χ1) is 10.2. The number of halogens is 1. The Hall–Kier alpha value is -0.200. The number of rotatable bonds is 3. The molecule has 0 aromatic carbocycles. The number of nitrogens with zero attached hydrogens (tertiary/aromatic N) is 3. The van der Waals surface area contributed by atoms with Crippen LogP contribution >= 0.6 is 22.9 Å². The van der Waals surface area contributed by atoms with Crippen LogP contribution in [0, 0.1) is 12.8 Å². The summed E-state index contributed by atoms with van der Waals surface area (Å²) in [6.07, 6.45) is 7.45. The lowest BCUT2D eigenvalue weighted by molar-refractivity contribution is 0.158. The van der Waals surface area contributed by atoms with Gasteiger partial charge in [-0.15, -0.1) is 0 Å². The van der Waals surface area contributed by atoms with Crippen LogP contribution in [0.25, 0.3) is 0 Å². The fourth-order valence-corrected chi connectivity index (χ4v) is 4.18. The summed E-state index contributed by atoms with van der Waals surface area (Å²) in [6.45, 7) is 8.47. The quantitative estimate of drug-likeness (QED) is 0.572. The fraction of sp³-hybridized carbons (Fsp3) is 0.706. The first kappa shape index (κ1) is 15.7. The molecule has 4 heteroatoms. The van der Waals surface area contributed by atoms with Gasteiger partial charge in [0, 0.05) is 54.4 Å². The van der Waals surface area contributed by atoms with Gasteiger partial charge in [0.15, 0.2) is 0 Å². The van der Waals surface area contributed by atoms with Gasteiger partial charge in [0.1, 0.15) is 0 Å². The number of likely N-dealkylation sites (tertiary alicyclic amines) is 1. The van der Waals surface area contributed by atoms with Gasteiger partial charge >= 0.3 is 0 Å². The molecule has 21 heavy (non-hydrogen) atoms. The molecule has 2 fully saturated rings. The number of hydrogen-bond acceptors (Lipinski definition) is 3. The van der Waals surface area contributed by atoms with Crippen molar-refractivity contribution >= 4 is 22.9 Å². The first-order valence-electron chi connectivity index (χ1n) is 8.26. The molecule has 0 amide bonds. The molecule has 2 saturated heterocycles. The van der Waals surface area contributed by atoms with E-state index in [1.165, 1.54) is 64.0 Å². The van der Waals surface area contributed by atoms with Crippen molar-refractivity contribution in [1.82, 2.24) is 13.0 Å². The van der Waals surface area contributed by atoms with Crippen molar-refractivity contribution in [2.24, 2.45) is 5.92 Å². The molecule has 0 unspecified atom stereocenters. The third-order valence-electron chi connectivity index (χ3n) is 5.07. The molecule has 3 nitrogen and oxygen atoms in total. The van der Waals surface area contributed by atoms with Crippen LogP contribution in [0.3, 0.4) is 0 Å². The van der Waals surface area contributed by atoms with Gasteiger partial charge in [0.05, 0.1) is 0 Å². The number of hydrogen-bond donors (Lipinski definition) is 0. The van der Waals surface area contributed by atoms with E-state index in [9.17, 15) is 0 Å². The Kier molecular flexibility index (Phi) is 5.51. The van der Waals surface area contributed by atoms with E-state index in [1.807, 2.05) is 0 Å². The molecule has 0 aliphatic carbocycles. The molecule has 3 heterocycles. The largest absolute Gasteiger partial charge is 0.303 e. The molecule has 0 atom stereocenters. The zero-order valence-corrected chi connectivity index (χ0v) is 15.1. The van der Waals surface area contributed by atoms with Crippen LogP contribution in [-0.2, 0) is 0 Å². The zero-order chi connectivity index (χ0) is 14.7. The zero-order valence-electron chi connectivity index (χ0n) is 13.0. The van der Waals surface area contributed by atoms with Gasteiger partial charge in [0.25, 0.3) is 0 Å². The minimum Gasteiger partial charge on any atom is -0.303 e. The summed E-state index contributed by atoms with van der Waals surface area (Å²) in [4.78, 5) is 7.16. The number of piperidine rings is 2. The fourth-order valence-electron chi connectivity index (χ4n) is 3.62. The summed E-state index contributed by atoms with van der Waals surface area (Å²) >= 11 is 2.46. The van der Waals surface area contributed by atoms with E-state index in [1.54, 1.807) is 0 Å². The Bertz CT molecular complexity index is 432. The highest BCUT2D eigenvalue weighted by atomic mass is 127. The normalized spacial score (nSPS) is 23.5. The lowest BCUT2D eigenvalue weighted by Gasteiger charge is -2.36. The van der Waals surface area contributed by atoms with Crippen molar-refractivity contribution in [3.63, 3.8) is 0 Å². The maximum absolute atomic E-state index is 4.46. The molecule has 0 bridgehead atoms. The van der Waals surface area contributed by atoms with Crippen molar-refractivity contribution < 1.29 is 0 Å². The Morgan fingerprint density at radius 1 is 1.10 bits per heavy atom. The number of aromatic nitrogens is 1. The second-order valence-electron chi connectivity index (χ2n) is 6.66. The van der Waals surface area contributed by atoms with Crippen LogP contribution in [0.15, 0.2) is 18.3 Å². The van der Waals surface area contributed by atoms with Gasteiger partial charge in [-0.1, -0.05) is 6.07 Å². The number of aryl methyl sites for hydroxylation is 1. The molecule has 2 aliphatic rings. The van der Waals surface area contributed by atoms with Crippen molar-refractivity contribution in [2.75, 3.05) is 32.7 Å². The Balaban J connectivity index is 1.45. The third-order valence-corrected chi connectivity index (χ3v) is 6.03. The van der Waals surface area contributed by atoms with Crippen LogP contribution in [-0.4, -0.2) is 45.7 Å². The summed E-state index contributed by atoms with van der Waals surface area (Å²) in [5.74, 6) is 1.65. The van der Waals surface area contributed by atoms with E-state index in [4.69, 9.17) is 0 Å². The SMILES string of the molecule is Cc1ccc(C2CCN(CC3CCN(I)CC3)CC2)cn1. The standard InChI is InChI=1S/C17H26IN3/c1-14-2-3-17(12-19-14)16-6-8-20(9-7-16)13-15-4-10-21(18)11-5-15/h2-3,12,15-16H,4-11,13H2,1H3. The maximum atomic E-state index is 4.46. The van der Waals surface area contributed by atoms with Crippen molar-refractivity contribution in [2.45, 2.75) is 38.5 Å². The van der Waals surface area contributed by atoms with Crippen LogP contribution in [0.4, 0.5) is 0 Å². The van der Waals surface area contributed by atoms with E-state index in [2.05, 4.69) is 61.1 Å². The second kappa shape index (κ2) is 7.38. The number of pyridine rings is 1. The van der Waals surface area contributed by atoms with E-state index < -0.39 is 0 Å². The van der Waals surface area contributed by atoms with Gasteiger partial charge in [-0.2, -0.15) is 0 Å². The van der Waals surface area contributed by atoms with Crippen LogP contribution in [0.5, 0.6) is 0 Å². The molecule has 2 aliphatic heterocycles. The molecule has 0 N–H and O–H groups in total. The molecule has 3 rings (SSSR count). The Labute approximate surface area is 142 Å². The second-order valence-corrected chi connectivity index (χ2v) is 8.03. The lowest BCUT2D eigenvalue weighted by Crippen LogP contribution is -2.39. The molecular weight excluding hydrogens is 373 g/mol. The lowest BCUT2D eigenvalue weighted by atomic mass is 9.89. The van der Waals surface area contributed by atoms with Crippen molar-refractivity contribution in [3.05, 3.63) is 29.6 Å². The van der Waals surface area contributed by atoms with Gasteiger partial charge in [-0.05, 0) is 69.2 Å². The van der Waals surface area contributed by atoms with Gasteiger partial charge in [0.2, 0.25) is 0 Å². The molecule has 1 aromatic heterocycles. The Morgan fingerprint density at radius 3 is 2.43 bits per heavy atom.